The summed E-state index contributed by atoms with van der Waals surface area (Å²) in [7, 11) is 0. The van der Waals surface area contributed by atoms with Crippen molar-refractivity contribution >= 4 is 22.3 Å². The van der Waals surface area contributed by atoms with Gasteiger partial charge >= 0.3 is 0 Å². The minimum atomic E-state index is -0.148. The van der Waals surface area contributed by atoms with Gasteiger partial charge in [0.2, 0.25) is 22.3 Å². The van der Waals surface area contributed by atoms with E-state index in [1.807, 2.05) is 0 Å². The molecule has 0 spiro atoms. The maximum atomic E-state index is 5.36. The zero-order valence-electron chi connectivity index (χ0n) is 14.1. The third-order valence-electron chi connectivity index (χ3n) is 4.99. The number of hydrogen-bond donors (Lipinski definition) is 0. The quantitative estimate of drug-likeness (QED) is 0.517. The molecule has 0 aliphatic rings. The number of hydrogen-bond acceptors (Lipinski definition) is 4. The summed E-state index contributed by atoms with van der Waals surface area (Å²) in [6.45, 7) is 17.4. The predicted octanol–water partition coefficient (Wildman–Crippen LogP) is 5.99. The summed E-state index contributed by atoms with van der Waals surface area (Å²) in [4.78, 5) is 0. The molecule has 0 aliphatic carbocycles. The number of benzene rings is 1. The Labute approximate surface area is 124 Å². The van der Waals surface area contributed by atoms with Crippen LogP contribution >= 0.6 is 0 Å². The van der Waals surface area contributed by atoms with Crippen molar-refractivity contribution in [2.75, 3.05) is 0 Å². The van der Waals surface area contributed by atoms with Crippen LogP contribution in [-0.2, 0) is 10.8 Å². The molecule has 0 fully saturated rings. The standard InChI is InChI=1S/C17H24O4/c1-15(2,3)9-11-13(20-18-11)10(14-12(9)19-21-14)17(7,8)16(4,5)6/h1-8H3. The predicted molar refractivity (Wildman–Crippen MR) is 81.7 cm³/mol. The van der Waals surface area contributed by atoms with Gasteiger partial charge in [-0.25, -0.2) is 0 Å². The smallest absolute Gasteiger partial charge is 0.233 e. The zero-order chi connectivity index (χ0) is 15.8. The van der Waals surface area contributed by atoms with Crippen molar-refractivity contribution in [2.24, 2.45) is 5.41 Å². The maximum absolute atomic E-state index is 5.36. The van der Waals surface area contributed by atoms with Gasteiger partial charge in [0.15, 0.2) is 0 Å². The molecule has 0 atom stereocenters. The largest absolute Gasteiger partial charge is 0.285 e. The molecule has 4 nitrogen and oxygen atoms in total. The first-order valence-electron chi connectivity index (χ1n) is 7.40. The van der Waals surface area contributed by atoms with Crippen LogP contribution in [0.25, 0.3) is 22.3 Å². The first-order valence-corrected chi connectivity index (χ1v) is 7.40. The molecule has 0 unspecified atom stereocenters. The molecule has 1 aromatic carbocycles. The Hall–Kier alpha value is -1.58. The Morgan fingerprint density at radius 3 is 1.10 bits per heavy atom. The third kappa shape index (κ3) is 1.74. The van der Waals surface area contributed by atoms with Crippen LogP contribution in [0.15, 0.2) is 18.3 Å². The highest BCUT2D eigenvalue weighted by atomic mass is 17.0. The van der Waals surface area contributed by atoms with Gasteiger partial charge in [0, 0.05) is 5.41 Å². The molecule has 0 N–H and O–H groups in total. The summed E-state index contributed by atoms with van der Waals surface area (Å²) < 4.78 is 21.4. The highest BCUT2D eigenvalue weighted by Crippen LogP contribution is 2.51. The molecular formula is C17H24O4. The van der Waals surface area contributed by atoms with Crippen LogP contribution in [-0.4, -0.2) is 0 Å². The van der Waals surface area contributed by atoms with Crippen molar-refractivity contribution in [2.45, 2.75) is 66.2 Å². The van der Waals surface area contributed by atoms with Crippen LogP contribution < -0.4 is 0 Å². The summed E-state index contributed by atoms with van der Waals surface area (Å²) in [6.07, 6.45) is 0. The normalized spacial score (nSPS) is 14.7. The molecule has 2 aromatic heterocycles. The molecule has 3 rings (SSSR count). The lowest BCUT2D eigenvalue weighted by atomic mass is 9.64. The monoisotopic (exact) mass is 292 g/mol. The summed E-state index contributed by atoms with van der Waals surface area (Å²) in [5.41, 5.74) is 4.99. The van der Waals surface area contributed by atoms with E-state index in [1.54, 1.807) is 0 Å². The Balaban J connectivity index is 2.38. The first kappa shape index (κ1) is 14.4. The fourth-order valence-corrected chi connectivity index (χ4v) is 2.70. The van der Waals surface area contributed by atoms with E-state index >= 15 is 0 Å². The van der Waals surface area contributed by atoms with E-state index in [1.165, 1.54) is 0 Å². The summed E-state index contributed by atoms with van der Waals surface area (Å²) >= 11 is 0. The van der Waals surface area contributed by atoms with E-state index in [0.29, 0.717) is 0 Å². The van der Waals surface area contributed by atoms with Crippen molar-refractivity contribution in [3.63, 3.8) is 0 Å². The Morgan fingerprint density at radius 2 is 0.857 bits per heavy atom. The fourth-order valence-electron chi connectivity index (χ4n) is 2.70. The first-order chi connectivity index (χ1) is 9.46. The average molecular weight is 292 g/mol. The second-order valence-corrected chi connectivity index (χ2v) is 8.52. The Morgan fingerprint density at radius 1 is 0.524 bits per heavy atom. The van der Waals surface area contributed by atoms with E-state index in [9.17, 15) is 0 Å². The molecule has 0 saturated carbocycles. The lowest BCUT2D eigenvalue weighted by Gasteiger charge is -2.39. The van der Waals surface area contributed by atoms with Gasteiger partial charge in [0.25, 0.3) is 0 Å². The third-order valence-corrected chi connectivity index (χ3v) is 4.99. The van der Waals surface area contributed by atoms with Crippen LogP contribution in [0.4, 0.5) is 0 Å². The van der Waals surface area contributed by atoms with Gasteiger partial charge in [-0.1, -0.05) is 55.4 Å². The topological polar surface area (TPSA) is 52.6 Å². The van der Waals surface area contributed by atoms with Crippen LogP contribution in [0.3, 0.4) is 0 Å². The van der Waals surface area contributed by atoms with Gasteiger partial charge in [-0.2, -0.15) is 0 Å². The fraction of sp³-hybridized carbons (Fsp3) is 0.647. The molecule has 2 heterocycles. The molecule has 0 amide bonds. The molecule has 3 aromatic rings. The summed E-state index contributed by atoms with van der Waals surface area (Å²) in [5.74, 6) is 0. The number of rotatable bonds is 1. The molecule has 0 aliphatic heterocycles. The van der Waals surface area contributed by atoms with Gasteiger partial charge in [-0.3, -0.25) is 18.3 Å². The summed E-state index contributed by atoms with van der Waals surface area (Å²) in [6, 6.07) is 0. The van der Waals surface area contributed by atoms with Crippen molar-refractivity contribution in [1.29, 1.82) is 0 Å². The molecular weight excluding hydrogens is 268 g/mol. The van der Waals surface area contributed by atoms with E-state index < -0.39 is 0 Å². The van der Waals surface area contributed by atoms with Gasteiger partial charge in [0.05, 0.1) is 11.1 Å². The van der Waals surface area contributed by atoms with Gasteiger partial charge < -0.3 is 0 Å². The maximum Gasteiger partial charge on any atom is 0.233 e. The van der Waals surface area contributed by atoms with Gasteiger partial charge in [-0.05, 0) is 10.8 Å². The van der Waals surface area contributed by atoms with Gasteiger partial charge in [-0.15, -0.1) is 0 Å². The van der Waals surface area contributed by atoms with E-state index in [2.05, 4.69) is 55.4 Å². The van der Waals surface area contributed by atoms with Crippen LogP contribution in [0.1, 0.15) is 66.5 Å². The van der Waals surface area contributed by atoms with Crippen molar-refractivity contribution < 1.29 is 18.3 Å². The van der Waals surface area contributed by atoms with Crippen LogP contribution in [0.2, 0.25) is 0 Å². The minimum Gasteiger partial charge on any atom is -0.285 e. The second kappa shape index (κ2) is 3.79. The Kier molecular flexibility index (Phi) is 2.59. The van der Waals surface area contributed by atoms with Crippen molar-refractivity contribution in [3.05, 3.63) is 11.1 Å². The van der Waals surface area contributed by atoms with Crippen LogP contribution in [0, 0.1) is 5.41 Å². The van der Waals surface area contributed by atoms with E-state index in [0.717, 1.165) is 33.5 Å². The number of fused-ring (bicyclic) bond motifs is 2. The molecule has 21 heavy (non-hydrogen) atoms. The molecule has 4 heteroatoms. The highest BCUT2D eigenvalue weighted by Gasteiger charge is 2.44. The lowest BCUT2D eigenvalue weighted by molar-refractivity contribution is 0.0388. The average Bonchev–Trinajstić information content (AvgIpc) is 2.19. The molecule has 0 bridgehead atoms. The molecule has 0 saturated heterocycles. The van der Waals surface area contributed by atoms with Crippen molar-refractivity contribution in [3.8, 4) is 0 Å². The van der Waals surface area contributed by atoms with E-state index in [4.69, 9.17) is 18.3 Å². The van der Waals surface area contributed by atoms with Crippen LogP contribution in [0.5, 0.6) is 0 Å². The zero-order valence-corrected chi connectivity index (χ0v) is 14.1. The minimum absolute atomic E-state index is 0.0374. The lowest BCUT2D eigenvalue weighted by Crippen LogP contribution is -2.35. The highest BCUT2D eigenvalue weighted by molar-refractivity contribution is 5.98. The summed E-state index contributed by atoms with van der Waals surface area (Å²) in [5, 5.41) is 0. The van der Waals surface area contributed by atoms with Gasteiger partial charge in [0.1, 0.15) is 0 Å². The van der Waals surface area contributed by atoms with E-state index in [-0.39, 0.29) is 16.2 Å². The molecule has 0 radical (unpaired) electrons. The second-order valence-electron chi connectivity index (χ2n) is 8.52. The SMILES string of the molecule is CC(C)(C)c1c2ooc2c(C(C)(C)C(C)(C)C)c2ooc12. The molecule has 116 valence electrons. The van der Waals surface area contributed by atoms with Crippen molar-refractivity contribution in [1.82, 2.24) is 0 Å². The Bertz CT molecular complexity index is 744.